The maximum atomic E-state index is 12.0. The van der Waals surface area contributed by atoms with Gasteiger partial charge in [0, 0.05) is 10.6 Å². The van der Waals surface area contributed by atoms with Crippen LogP contribution < -0.4 is 14.8 Å². The molecule has 0 bridgehead atoms. The molecule has 0 saturated carbocycles. The van der Waals surface area contributed by atoms with Gasteiger partial charge in [-0.25, -0.2) is 9.97 Å². The number of amides is 1. The van der Waals surface area contributed by atoms with Gasteiger partial charge in [-0.1, -0.05) is 23.2 Å². The first-order valence-electron chi connectivity index (χ1n) is 8.35. The lowest BCUT2D eigenvalue weighted by Gasteiger charge is -2.09. The molecule has 0 aliphatic carbocycles. The van der Waals surface area contributed by atoms with Crippen LogP contribution in [0.25, 0.3) is 11.3 Å². The van der Waals surface area contributed by atoms with E-state index in [-0.39, 0.29) is 19.1 Å². The normalized spacial score (nSPS) is 10.4. The molecule has 1 N–H and O–H groups in total. The van der Waals surface area contributed by atoms with Crippen LogP contribution in [0.3, 0.4) is 0 Å². The van der Waals surface area contributed by atoms with Gasteiger partial charge in [0.2, 0.25) is 0 Å². The smallest absolute Gasteiger partial charge is 0.258 e. The zero-order valence-corrected chi connectivity index (χ0v) is 16.5. The third-order valence-electron chi connectivity index (χ3n) is 3.83. The summed E-state index contributed by atoms with van der Waals surface area (Å²) in [5.74, 6) is 0.867. The van der Waals surface area contributed by atoms with Gasteiger partial charge in [-0.2, -0.15) is 0 Å². The molecule has 0 unspecified atom stereocenters. The first kappa shape index (κ1) is 19.9. The summed E-state index contributed by atoms with van der Waals surface area (Å²) in [6, 6.07) is 14.2. The molecule has 144 valence electrons. The van der Waals surface area contributed by atoms with Gasteiger partial charge in [0.1, 0.15) is 17.8 Å². The minimum absolute atomic E-state index is 0.169. The van der Waals surface area contributed by atoms with Gasteiger partial charge in [0.15, 0.2) is 6.61 Å². The van der Waals surface area contributed by atoms with E-state index in [1.165, 1.54) is 6.33 Å². The number of hydrogen-bond acceptors (Lipinski definition) is 5. The molecular formula is C20H17Cl2N3O3. The monoisotopic (exact) mass is 417 g/mol. The van der Waals surface area contributed by atoms with Gasteiger partial charge < -0.3 is 14.8 Å². The lowest BCUT2D eigenvalue weighted by Crippen LogP contribution is -2.28. The molecule has 8 heteroatoms. The van der Waals surface area contributed by atoms with E-state index in [0.717, 1.165) is 17.0 Å². The molecule has 28 heavy (non-hydrogen) atoms. The molecular weight excluding hydrogens is 401 g/mol. The molecule has 3 rings (SSSR count). The van der Waals surface area contributed by atoms with Crippen molar-refractivity contribution in [2.45, 2.75) is 6.54 Å². The Kier molecular flexibility index (Phi) is 6.68. The molecule has 0 aliphatic heterocycles. The number of nitrogens with zero attached hydrogens (tertiary/aromatic N) is 2. The van der Waals surface area contributed by atoms with Gasteiger partial charge >= 0.3 is 0 Å². The largest absolute Gasteiger partial charge is 0.497 e. The Morgan fingerprint density at radius 2 is 1.86 bits per heavy atom. The molecule has 0 saturated heterocycles. The van der Waals surface area contributed by atoms with Crippen molar-refractivity contribution in [2.75, 3.05) is 13.7 Å². The van der Waals surface area contributed by atoms with Crippen LogP contribution in [0.2, 0.25) is 10.0 Å². The van der Waals surface area contributed by atoms with Crippen molar-refractivity contribution >= 4 is 29.1 Å². The van der Waals surface area contributed by atoms with Gasteiger partial charge in [-0.15, -0.1) is 0 Å². The van der Waals surface area contributed by atoms with Crippen molar-refractivity contribution in [1.82, 2.24) is 15.3 Å². The summed E-state index contributed by atoms with van der Waals surface area (Å²) in [6.45, 7) is 0.0833. The van der Waals surface area contributed by atoms with Crippen LogP contribution in [-0.2, 0) is 11.3 Å². The predicted molar refractivity (Wildman–Crippen MR) is 108 cm³/mol. The highest BCUT2D eigenvalue weighted by Crippen LogP contribution is 2.27. The maximum Gasteiger partial charge on any atom is 0.258 e. The van der Waals surface area contributed by atoms with E-state index in [4.69, 9.17) is 32.7 Å². The molecule has 0 fully saturated rings. The predicted octanol–water partition coefficient (Wildman–Crippen LogP) is 4.15. The molecule has 1 heterocycles. The van der Waals surface area contributed by atoms with Crippen LogP contribution in [0, 0.1) is 0 Å². The molecule has 1 amide bonds. The van der Waals surface area contributed by atoms with E-state index >= 15 is 0 Å². The molecule has 0 spiro atoms. The lowest BCUT2D eigenvalue weighted by molar-refractivity contribution is -0.123. The Morgan fingerprint density at radius 3 is 2.57 bits per heavy atom. The summed E-state index contributed by atoms with van der Waals surface area (Å²) in [5.41, 5.74) is 2.36. The first-order chi connectivity index (χ1) is 13.5. The summed E-state index contributed by atoms with van der Waals surface area (Å²) >= 11 is 11.8. The Labute approximate surface area is 172 Å². The zero-order chi connectivity index (χ0) is 19.9. The third kappa shape index (κ3) is 5.34. The number of benzene rings is 2. The Bertz CT molecular complexity index is 965. The standard InChI is InChI=1S/C20H17Cl2N3O3/c1-27-16-5-2-13(3-6-16)18-9-15(24-12-25-18)10-23-20(26)11-28-19-7-4-14(21)8-17(19)22/h2-9,12H,10-11H2,1H3,(H,23,26). The number of carbonyl (C=O) groups is 1. The van der Waals surface area contributed by atoms with Gasteiger partial charge in [0.05, 0.1) is 30.1 Å². The summed E-state index contributed by atoms with van der Waals surface area (Å²) in [7, 11) is 1.62. The summed E-state index contributed by atoms with van der Waals surface area (Å²) in [5, 5.41) is 3.60. The third-order valence-corrected chi connectivity index (χ3v) is 4.36. The molecule has 0 aliphatic rings. The van der Waals surface area contributed by atoms with Gasteiger partial charge in [-0.3, -0.25) is 4.79 Å². The fourth-order valence-electron chi connectivity index (χ4n) is 2.39. The first-order valence-corrected chi connectivity index (χ1v) is 9.10. The van der Waals surface area contributed by atoms with Crippen LogP contribution >= 0.6 is 23.2 Å². The second kappa shape index (κ2) is 9.39. The number of aromatic nitrogens is 2. The summed E-state index contributed by atoms with van der Waals surface area (Å²) in [6.07, 6.45) is 1.46. The van der Waals surface area contributed by atoms with Gasteiger partial charge in [-0.05, 0) is 48.5 Å². The van der Waals surface area contributed by atoms with E-state index in [9.17, 15) is 4.79 Å². The number of hydrogen-bond donors (Lipinski definition) is 1. The minimum Gasteiger partial charge on any atom is -0.497 e. The number of nitrogens with one attached hydrogen (secondary N) is 1. The van der Waals surface area contributed by atoms with Crippen molar-refractivity contribution in [2.24, 2.45) is 0 Å². The van der Waals surface area contributed by atoms with Crippen LogP contribution in [0.15, 0.2) is 54.9 Å². The highest BCUT2D eigenvalue weighted by atomic mass is 35.5. The van der Waals surface area contributed by atoms with E-state index in [1.807, 2.05) is 30.3 Å². The average molecular weight is 418 g/mol. The number of rotatable bonds is 7. The highest BCUT2D eigenvalue weighted by molar-refractivity contribution is 6.35. The molecule has 6 nitrogen and oxygen atoms in total. The van der Waals surface area contributed by atoms with E-state index in [0.29, 0.717) is 21.5 Å². The maximum absolute atomic E-state index is 12.0. The van der Waals surface area contributed by atoms with E-state index in [1.54, 1.807) is 25.3 Å². The van der Waals surface area contributed by atoms with E-state index in [2.05, 4.69) is 15.3 Å². The van der Waals surface area contributed by atoms with E-state index < -0.39 is 0 Å². The second-order valence-electron chi connectivity index (χ2n) is 5.76. The summed E-state index contributed by atoms with van der Waals surface area (Å²) < 4.78 is 10.6. The number of ether oxygens (including phenoxy) is 2. The Hall–Kier alpha value is -2.83. The van der Waals surface area contributed by atoms with Crippen molar-refractivity contribution in [3.05, 3.63) is 70.6 Å². The topological polar surface area (TPSA) is 73.3 Å². The van der Waals surface area contributed by atoms with Crippen molar-refractivity contribution in [3.63, 3.8) is 0 Å². The van der Waals surface area contributed by atoms with Crippen LogP contribution in [0.5, 0.6) is 11.5 Å². The van der Waals surface area contributed by atoms with Crippen LogP contribution in [0.1, 0.15) is 5.69 Å². The Balaban J connectivity index is 1.56. The summed E-state index contributed by atoms with van der Waals surface area (Å²) in [4.78, 5) is 20.5. The highest BCUT2D eigenvalue weighted by Gasteiger charge is 2.08. The number of halogens is 2. The quantitative estimate of drug-likeness (QED) is 0.624. The molecule has 2 aromatic carbocycles. The van der Waals surface area contributed by atoms with Crippen molar-refractivity contribution in [1.29, 1.82) is 0 Å². The fraction of sp³-hybridized carbons (Fsp3) is 0.150. The lowest BCUT2D eigenvalue weighted by atomic mass is 10.1. The molecule has 0 atom stereocenters. The molecule has 3 aromatic rings. The molecule has 0 radical (unpaired) electrons. The van der Waals surface area contributed by atoms with Crippen molar-refractivity contribution < 1.29 is 14.3 Å². The number of methoxy groups -OCH3 is 1. The van der Waals surface area contributed by atoms with Crippen molar-refractivity contribution in [3.8, 4) is 22.8 Å². The zero-order valence-electron chi connectivity index (χ0n) is 15.0. The second-order valence-corrected chi connectivity index (χ2v) is 6.61. The average Bonchev–Trinajstić information content (AvgIpc) is 2.72. The van der Waals surface area contributed by atoms with Gasteiger partial charge in [0.25, 0.3) is 5.91 Å². The van der Waals surface area contributed by atoms with Crippen LogP contribution in [0.4, 0.5) is 0 Å². The minimum atomic E-state index is -0.296. The Morgan fingerprint density at radius 1 is 1.07 bits per heavy atom. The fourth-order valence-corrected chi connectivity index (χ4v) is 2.85. The SMILES string of the molecule is COc1ccc(-c2cc(CNC(=O)COc3ccc(Cl)cc3Cl)ncn2)cc1. The molecule has 1 aromatic heterocycles. The number of carbonyl (C=O) groups excluding carboxylic acids is 1. The van der Waals surface area contributed by atoms with Crippen LogP contribution in [-0.4, -0.2) is 29.6 Å².